The average molecular weight is 1030 g/mol. The summed E-state index contributed by atoms with van der Waals surface area (Å²) in [6, 6.07) is 0. The highest BCUT2D eigenvalue weighted by Gasteiger charge is 2.65. The maximum absolute atomic E-state index is 2.95. The Hall–Kier alpha value is -0.0400. The molecule has 0 aromatic carbocycles. The van der Waals surface area contributed by atoms with Crippen LogP contribution in [0.5, 0.6) is 0 Å². The molecule has 0 radical (unpaired) electrons. The topological polar surface area (TPSA) is 0 Å². The number of hydrogen-bond acceptors (Lipinski definition) is 0. The number of hydrogen-bond donors (Lipinski definition) is 0. The Morgan fingerprint density at radius 3 is 0.753 bits per heavy atom. The van der Waals surface area contributed by atoms with E-state index >= 15 is 0 Å². The number of quaternary nitrogens is 1. The molecule has 1 heteroatoms. The Labute approximate surface area is 466 Å². The Morgan fingerprint density at radius 2 is 0.479 bits per heavy atom. The van der Waals surface area contributed by atoms with Gasteiger partial charge >= 0.3 is 0 Å². The predicted molar refractivity (Wildman–Crippen MR) is 336 cm³/mol. The molecule has 2 atom stereocenters. The van der Waals surface area contributed by atoms with Crippen LogP contribution in [0.15, 0.2) is 0 Å². The van der Waals surface area contributed by atoms with E-state index in [4.69, 9.17) is 0 Å². The van der Waals surface area contributed by atoms with Gasteiger partial charge in [0.05, 0.1) is 20.1 Å². The predicted octanol–water partition coefficient (Wildman–Crippen LogP) is 26.3. The quantitative estimate of drug-likeness (QED) is 0.0421. The van der Waals surface area contributed by atoms with E-state index in [-0.39, 0.29) is 0 Å². The van der Waals surface area contributed by atoms with Crippen molar-refractivity contribution in [2.45, 2.75) is 432 Å². The van der Waals surface area contributed by atoms with Gasteiger partial charge in [-0.25, -0.2) is 0 Å². The highest BCUT2D eigenvalue weighted by atomic mass is 15.4. The van der Waals surface area contributed by atoms with Crippen molar-refractivity contribution in [3.05, 3.63) is 0 Å². The van der Waals surface area contributed by atoms with Gasteiger partial charge in [0.2, 0.25) is 0 Å². The summed E-state index contributed by atoms with van der Waals surface area (Å²) in [6.07, 6.45) is 88.8. The van der Waals surface area contributed by atoms with Crippen LogP contribution in [-0.2, 0) is 0 Å². The van der Waals surface area contributed by atoms with E-state index in [1.165, 1.54) is 371 Å². The lowest BCUT2D eigenvalue weighted by Crippen LogP contribution is -2.75. The molecule has 1 aliphatic heterocycles. The fourth-order valence-electron chi connectivity index (χ4n) is 15.2. The molecule has 0 saturated carbocycles. The zero-order valence-electron chi connectivity index (χ0n) is 52.9. The van der Waals surface area contributed by atoms with E-state index in [0.29, 0.717) is 11.0 Å². The summed E-state index contributed by atoms with van der Waals surface area (Å²) in [6.45, 7) is 17.2. The molecule has 1 rings (SSSR count). The first-order valence-corrected chi connectivity index (χ1v) is 35.8. The molecule has 0 aromatic rings. The first kappa shape index (κ1) is 71.0. The first-order valence-electron chi connectivity index (χ1n) is 35.8. The third-order valence-corrected chi connectivity index (χ3v) is 20.0. The van der Waals surface area contributed by atoms with E-state index in [9.17, 15) is 0 Å². The lowest BCUT2D eigenvalue weighted by Gasteiger charge is -2.67. The Kier molecular flexibility index (Phi) is 51.2. The van der Waals surface area contributed by atoms with Gasteiger partial charge in [-0.2, -0.15) is 0 Å². The molecular formula is C72H146N+. The van der Waals surface area contributed by atoms with E-state index in [1.54, 1.807) is 32.1 Å². The minimum absolute atomic E-state index is 0.456. The second-order valence-electron chi connectivity index (χ2n) is 26.3. The molecule has 1 saturated heterocycles. The molecule has 438 valence electrons. The van der Waals surface area contributed by atoms with Crippen LogP contribution in [-0.4, -0.2) is 30.2 Å². The highest BCUT2D eigenvalue weighted by molar-refractivity contribution is 5.06. The smallest absolute Gasteiger partial charge is 0.105 e. The Morgan fingerprint density at radius 1 is 0.260 bits per heavy atom. The molecule has 0 bridgehead atoms. The zero-order chi connectivity index (χ0) is 52.9. The van der Waals surface area contributed by atoms with Crippen molar-refractivity contribution in [3.8, 4) is 0 Å². The summed E-state index contributed by atoms with van der Waals surface area (Å²) in [5.41, 5.74) is 0.972. The second kappa shape index (κ2) is 52.6. The van der Waals surface area contributed by atoms with E-state index in [1.807, 2.05) is 0 Å². The standard InChI is InChI=1S/C72H146N/c1-8-14-20-26-32-38-44-50-56-62-70-63-69-73(7,68-61-55-49-43-37-31-25-19-13-6)72(66-59-53-47-41-35-29-23-17-11-4,67-60-54-48-42-36-30-24-18-12-5)71(70,64-57-51-45-39-33-27-21-15-9-2)65-58-52-46-40-34-28-22-16-10-3/h70H,8-69H2,1-7H3/q+1. The van der Waals surface area contributed by atoms with Gasteiger partial charge in [-0.15, -0.1) is 0 Å². The van der Waals surface area contributed by atoms with Crippen molar-refractivity contribution in [1.29, 1.82) is 0 Å². The molecule has 1 aliphatic rings. The SMILES string of the molecule is CCCCCCCCCCCC1CC[N+](C)(CCCCCCCCCCC)C(CCCCCCCCCCC)(CCCCCCCCCCC)C1(CCCCCCCCCCC)CCCCCCCCCCC. The monoisotopic (exact) mass is 1030 g/mol. The van der Waals surface area contributed by atoms with Gasteiger partial charge in [0.15, 0.2) is 0 Å². The third-order valence-electron chi connectivity index (χ3n) is 20.0. The van der Waals surface area contributed by atoms with Crippen LogP contribution in [0.2, 0.25) is 0 Å². The molecule has 0 aliphatic carbocycles. The van der Waals surface area contributed by atoms with Gasteiger partial charge < -0.3 is 4.48 Å². The molecule has 1 fully saturated rings. The van der Waals surface area contributed by atoms with Crippen LogP contribution in [0, 0.1) is 11.3 Å². The molecule has 1 heterocycles. The van der Waals surface area contributed by atoms with E-state index < -0.39 is 0 Å². The normalized spacial score (nSPS) is 17.5. The fraction of sp³-hybridized carbons (Fsp3) is 1.00. The summed E-state index contributed by atoms with van der Waals surface area (Å²) < 4.78 is 1.46. The molecule has 0 aromatic heterocycles. The fourth-order valence-corrected chi connectivity index (χ4v) is 15.2. The summed E-state index contributed by atoms with van der Waals surface area (Å²) in [4.78, 5) is 0. The number of piperidine rings is 1. The summed E-state index contributed by atoms with van der Waals surface area (Å²) in [5.74, 6) is 0.951. The van der Waals surface area contributed by atoms with Crippen molar-refractivity contribution < 1.29 is 4.48 Å². The lowest BCUT2D eigenvalue weighted by molar-refractivity contribution is -0.977. The molecule has 0 N–H and O–H groups in total. The second-order valence-corrected chi connectivity index (χ2v) is 26.3. The number of nitrogens with zero attached hydrogens (tertiary/aromatic N) is 1. The minimum Gasteiger partial charge on any atom is -0.321 e. The summed E-state index contributed by atoms with van der Waals surface area (Å²) in [5, 5.41) is 0. The molecular weight excluding hydrogens is 879 g/mol. The van der Waals surface area contributed by atoms with Crippen LogP contribution in [0.4, 0.5) is 0 Å². The Bertz CT molecular complexity index is 1020. The minimum atomic E-state index is 0.456. The lowest BCUT2D eigenvalue weighted by atomic mass is 9.49. The summed E-state index contributed by atoms with van der Waals surface area (Å²) in [7, 11) is 2.95. The van der Waals surface area contributed by atoms with Crippen LogP contribution < -0.4 is 0 Å². The van der Waals surface area contributed by atoms with Crippen LogP contribution in [0.3, 0.4) is 0 Å². The average Bonchev–Trinajstić information content (AvgIpc) is 3.39. The van der Waals surface area contributed by atoms with Crippen molar-refractivity contribution in [1.82, 2.24) is 0 Å². The number of unbranched alkanes of at least 4 members (excludes halogenated alkanes) is 48. The maximum atomic E-state index is 2.95. The largest absolute Gasteiger partial charge is 0.321 e. The summed E-state index contributed by atoms with van der Waals surface area (Å²) >= 11 is 0. The first-order chi connectivity index (χ1) is 36.0. The molecule has 0 amide bonds. The highest BCUT2D eigenvalue weighted by Crippen LogP contribution is 2.62. The molecule has 73 heavy (non-hydrogen) atoms. The number of likely N-dealkylation sites (tertiary alicyclic amines) is 1. The van der Waals surface area contributed by atoms with Gasteiger partial charge in [-0.05, 0) is 50.9 Å². The molecule has 1 nitrogen and oxygen atoms in total. The van der Waals surface area contributed by atoms with Gasteiger partial charge in [-0.1, -0.05) is 363 Å². The van der Waals surface area contributed by atoms with Gasteiger partial charge in [0.1, 0.15) is 5.54 Å². The van der Waals surface area contributed by atoms with Crippen LogP contribution >= 0.6 is 0 Å². The Balaban J connectivity index is 3.74. The van der Waals surface area contributed by atoms with Gasteiger partial charge in [-0.3, -0.25) is 0 Å². The van der Waals surface area contributed by atoms with Crippen molar-refractivity contribution in [2.75, 3.05) is 20.1 Å². The van der Waals surface area contributed by atoms with Gasteiger partial charge in [0.25, 0.3) is 0 Å². The van der Waals surface area contributed by atoms with Crippen molar-refractivity contribution in [3.63, 3.8) is 0 Å². The van der Waals surface area contributed by atoms with Crippen molar-refractivity contribution >= 4 is 0 Å². The van der Waals surface area contributed by atoms with Crippen molar-refractivity contribution in [2.24, 2.45) is 11.3 Å². The van der Waals surface area contributed by atoms with E-state index in [2.05, 4.69) is 48.6 Å². The number of rotatable bonds is 60. The molecule has 2 unspecified atom stereocenters. The maximum Gasteiger partial charge on any atom is 0.105 e. The zero-order valence-corrected chi connectivity index (χ0v) is 52.9. The van der Waals surface area contributed by atoms with Gasteiger partial charge in [0, 0.05) is 24.7 Å². The van der Waals surface area contributed by atoms with E-state index in [0.717, 1.165) is 5.92 Å². The van der Waals surface area contributed by atoms with Crippen LogP contribution in [0.1, 0.15) is 427 Å². The molecule has 0 spiro atoms. The van der Waals surface area contributed by atoms with Crippen LogP contribution in [0.25, 0.3) is 0 Å². The third kappa shape index (κ3) is 34.6.